The Hall–Kier alpha value is -2.34. The van der Waals surface area contributed by atoms with Crippen molar-refractivity contribution >= 4 is 33.3 Å². The lowest BCUT2D eigenvalue weighted by Crippen LogP contribution is -2.30. The van der Waals surface area contributed by atoms with Crippen LogP contribution in [0.25, 0.3) is 21.7 Å². The van der Waals surface area contributed by atoms with Gasteiger partial charge in [-0.2, -0.15) is 0 Å². The van der Waals surface area contributed by atoms with E-state index in [0.717, 1.165) is 0 Å². The van der Waals surface area contributed by atoms with Gasteiger partial charge in [-0.05, 0) is 37.1 Å². The van der Waals surface area contributed by atoms with Gasteiger partial charge in [-0.25, -0.2) is 13.6 Å². The molecule has 1 saturated carbocycles. The van der Waals surface area contributed by atoms with Gasteiger partial charge in [-0.3, -0.25) is 0 Å². The molecule has 0 unspecified atom stereocenters. The Labute approximate surface area is 151 Å². The highest BCUT2D eigenvalue weighted by molar-refractivity contribution is 6.37. The number of fused-ring (bicyclic) bond motifs is 3. The molecule has 1 N–H and O–H groups in total. The summed E-state index contributed by atoms with van der Waals surface area (Å²) < 4.78 is 37.6. The first-order chi connectivity index (χ1) is 12.3. The van der Waals surface area contributed by atoms with Crippen LogP contribution in [0.15, 0.2) is 39.5 Å². The van der Waals surface area contributed by atoms with Crippen LogP contribution in [0.4, 0.5) is 8.78 Å². The van der Waals surface area contributed by atoms with E-state index in [4.69, 9.17) is 20.8 Å². The van der Waals surface area contributed by atoms with Gasteiger partial charge in [-0.1, -0.05) is 11.6 Å². The van der Waals surface area contributed by atoms with Crippen molar-refractivity contribution in [2.24, 2.45) is 0 Å². The van der Waals surface area contributed by atoms with Crippen molar-refractivity contribution < 1.29 is 23.0 Å². The van der Waals surface area contributed by atoms with Crippen LogP contribution in [0.1, 0.15) is 25.7 Å². The zero-order valence-corrected chi connectivity index (χ0v) is 14.4. The Morgan fingerprint density at radius 1 is 1.15 bits per heavy atom. The second-order valence-electron chi connectivity index (χ2n) is 6.57. The zero-order chi connectivity index (χ0) is 18.5. The van der Waals surface area contributed by atoms with Crippen molar-refractivity contribution in [3.8, 4) is 11.5 Å². The largest absolute Gasteiger partial charge is 0.508 e. The van der Waals surface area contributed by atoms with Gasteiger partial charge in [0.25, 0.3) is 0 Å². The molecule has 0 spiro atoms. The monoisotopic (exact) mass is 380 g/mol. The Morgan fingerprint density at radius 2 is 1.88 bits per heavy atom. The summed E-state index contributed by atoms with van der Waals surface area (Å²) in [7, 11) is 0. The lowest BCUT2D eigenvalue weighted by Gasteiger charge is -2.28. The number of aromatic hydroxyl groups is 1. The Kier molecular flexibility index (Phi) is 4.03. The molecule has 1 aliphatic rings. The topological polar surface area (TPSA) is 59.7 Å². The van der Waals surface area contributed by atoms with Crippen LogP contribution >= 0.6 is 11.6 Å². The summed E-state index contributed by atoms with van der Waals surface area (Å²) in [6.45, 7) is 0. The molecule has 0 amide bonds. The SMILES string of the molecule is O=c1oc2cc(O)ccc2c2c(Cl)cc(OC3CCC(F)(F)CC3)cc12. The van der Waals surface area contributed by atoms with E-state index in [2.05, 4.69) is 0 Å². The summed E-state index contributed by atoms with van der Waals surface area (Å²) in [5.41, 5.74) is -0.381. The van der Waals surface area contributed by atoms with Crippen molar-refractivity contribution in [1.82, 2.24) is 0 Å². The first-order valence-corrected chi connectivity index (χ1v) is 8.64. The minimum Gasteiger partial charge on any atom is -0.508 e. The molecule has 2 aromatic carbocycles. The molecule has 1 aliphatic carbocycles. The number of rotatable bonds is 2. The van der Waals surface area contributed by atoms with E-state index < -0.39 is 11.5 Å². The highest BCUT2D eigenvalue weighted by Gasteiger charge is 2.35. The zero-order valence-electron chi connectivity index (χ0n) is 13.6. The number of benzene rings is 2. The maximum atomic E-state index is 13.3. The number of halogens is 3. The predicted molar refractivity (Wildman–Crippen MR) is 94.5 cm³/mol. The molecule has 0 saturated heterocycles. The second-order valence-corrected chi connectivity index (χ2v) is 6.98. The molecular formula is C19H15ClF2O4. The normalized spacial score (nSPS) is 17.7. The first kappa shape index (κ1) is 17.1. The van der Waals surface area contributed by atoms with E-state index in [9.17, 15) is 18.7 Å². The van der Waals surface area contributed by atoms with Crippen LogP contribution in [0, 0.1) is 0 Å². The molecule has 0 atom stereocenters. The predicted octanol–water partition coefficient (Wildman–Crippen LogP) is 5.26. The standard InChI is InChI=1S/C19H15ClF2O4/c20-15-9-12(25-11-3-5-19(21,22)6-4-11)8-14-17(15)13-2-1-10(23)7-16(13)26-18(14)24/h1-2,7-9,11,23H,3-6H2. The van der Waals surface area contributed by atoms with Crippen molar-refractivity contribution in [2.75, 3.05) is 0 Å². The van der Waals surface area contributed by atoms with Gasteiger partial charge in [0, 0.05) is 29.7 Å². The quantitative estimate of drug-likeness (QED) is 0.486. The molecule has 4 rings (SSSR count). The van der Waals surface area contributed by atoms with Gasteiger partial charge >= 0.3 is 5.63 Å². The summed E-state index contributed by atoms with van der Waals surface area (Å²) in [6.07, 6.45) is -0.278. The fraction of sp³-hybridized carbons (Fsp3) is 0.316. The fourth-order valence-corrected chi connectivity index (χ4v) is 3.68. The minimum absolute atomic E-state index is 0.0230. The molecule has 7 heteroatoms. The van der Waals surface area contributed by atoms with Gasteiger partial charge < -0.3 is 14.3 Å². The number of phenols is 1. The van der Waals surface area contributed by atoms with E-state index in [1.165, 1.54) is 18.2 Å². The van der Waals surface area contributed by atoms with Gasteiger partial charge in [-0.15, -0.1) is 0 Å². The molecule has 3 aromatic rings. The molecule has 1 aromatic heterocycles. The van der Waals surface area contributed by atoms with E-state index in [0.29, 0.717) is 21.5 Å². The molecule has 1 heterocycles. The third-order valence-corrected chi connectivity index (χ3v) is 4.99. The van der Waals surface area contributed by atoms with E-state index in [-0.39, 0.29) is 48.5 Å². The minimum atomic E-state index is -2.63. The summed E-state index contributed by atoms with van der Waals surface area (Å²) in [5.74, 6) is -2.31. The lowest BCUT2D eigenvalue weighted by atomic mass is 9.94. The molecule has 0 radical (unpaired) electrons. The maximum Gasteiger partial charge on any atom is 0.344 e. The van der Waals surface area contributed by atoms with Crippen LogP contribution < -0.4 is 10.4 Å². The van der Waals surface area contributed by atoms with E-state index in [1.807, 2.05) is 0 Å². The van der Waals surface area contributed by atoms with Crippen LogP contribution in [0.2, 0.25) is 5.02 Å². The van der Waals surface area contributed by atoms with Gasteiger partial charge in [0.05, 0.1) is 16.5 Å². The van der Waals surface area contributed by atoms with Crippen LogP contribution in [0.3, 0.4) is 0 Å². The molecule has 0 aliphatic heterocycles. The number of hydrogen-bond acceptors (Lipinski definition) is 4. The van der Waals surface area contributed by atoms with E-state index in [1.54, 1.807) is 12.1 Å². The maximum absolute atomic E-state index is 13.3. The van der Waals surface area contributed by atoms with Gasteiger partial charge in [0.2, 0.25) is 5.92 Å². The third kappa shape index (κ3) is 3.09. The van der Waals surface area contributed by atoms with Gasteiger partial charge in [0.15, 0.2) is 0 Å². The van der Waals surface area contributed by atoms with Crippen molar-refractivity contribution in [1.29, 1.82) is 0 Å². The highest BCUT2D eigenvalue weighted by atomic mass is 35.5. The number of ether oxygens (including phenoxy) is 1. The summed E-state index contributed by atoms with van der Waals surface area (Å²) >= 11 is 6.37. The Morgan fingerprint density at radius 3 is 2.62 bits per heavy atom. The van der Waals surface area contributed by atoms with Crippen LogP contribution in [-0.2, 0) is 0 Å². The average Bonchev–Trinajstić information content (AvgIpc) is 2.57. The van der Waals surface area contributed by atoms with Crippen LogP contribution in [0.5, 0.6) is 11.5 Å². The van der Waals surface area contributed by atoms with Gasteiger partial charge in [0.1, 0.15) is 17.1 Å². The smallest absolute Gasteiger partial charge is 0.344 e. The number of alkyl halides is 2. The van der Waals surface area contributed by atoms with Crippen molar-refractivity contribution in [3.63, 3.8) is 0 Å². The lowest BCUT2D eigenvalue weighted by molar-refractivity contribution is -0.0582. The molecular weight excluding hydrogens is 366 g/mol. The molecule has 4 nitrogen and oxygen atoms in total. The van der Waals surface area contributed by atoms with Crippen LogP contribution in [-0.4, -0.2) is 17.1 Å². The summed E-state index contributed by atoms with van der Waals surface area (Å²) in [6, 6.07) is 7.53. The summed E-state index contributed by atoms with van der Waals surface area (Å²) in [4.78, 5) is 12.3. The third-order valence-electron chi connectivity index (χ3n) is 4.69. The van der Waals surface area contributed by atoms with E-state index >= 15 is 0 Å². The Balaban J connectivity index is 1.75. The number of phenolic OH excluding ortho intramolecular Hbond substituents is 1. The highest BCUT2D eigenvalue weighted by Crippen LogP contribution is 2.37. The number of hydrogen-bond donors (Lipinski definition) is 1. The second kappa shape index (κ2) is 6.13. The molecule has 0 bridgehead atoms. The summed E-state index contributed by atoms with van der Waals surface area (Å²) in [5, 5.41) is 11.2. The molecule has 26 heavy (non-hydrogen) atoms. The molecule has 136 valence electrons. The molecule has 1 fully saturated rings. The average molecular weight is 381 g/mol. The first-order valence-electron chi connectivity index (χ1n) is 8.26. The van der Waals surface area contributed by atoms with Crippen molar-refractivity contribution in [2.45, 2.75) is 37.7 Å². The fourth-order valence-electron chi connectivity index (χ4n) is 3.37. The van der Waals surface area contributed by atoms with Crippen molar-refractivity contribution in [3.05, 3.63) is 45.8 Å². The Bertz CT molecular complexity index is 1050.